The Bertz CT molecular complexity index is 467. The van der Waals surface area contributed by atoms with Gasteiger partial charge in [-0.3, -0.25) is 9.59 Å². The second kappa shape index (κ2) is 9.63. The molecule has 1 aliphatic heterocycles. The van der Waals surface area contributed by atoms with E-state index in [1.165, 1.54) is 0 Å². The predicted molar refractivity (Wildman–Crippen MR) is 96.1 cm³/mol. The molecule has 144 valence electrons. The molecule has 0 aromatic rings. The first-order valence-electron chi connectivity index (χ1n) is 9.19. The van der Waals surface area contributed by atoms with Crippen molar-refractivity contribution in [1.82, 2.24) is 15.5 Å². The Hall–Kier alpha value is -1.79. The Morgan fingerprint density at radius 3 is 2.24 bits per heavy atom. The Morgan fingerprint density at radius 2 is 1.72 bits per heavy atom. The molecule has 25 heavy (non-hydrogen) atoms. The molecule has 7 heteroatoms. The van der Waals surface area contributed by atoms with E-state index in [9.17, 15) is 14.4 Å². The second-order valence-electron chi connectivity index (χ2n) is 7.67. The van der Waals surface area contributed by atoms with Crippen molar-refractivity contribution in [3.8, 4) is 0 Å². The number of hydrogen-bond donors (Lipinski definition) is 2. The van der Waals surface area contributed by atoms with Crippen LogP contribution in [0.4, 0.5) is 4.79 Å². The largest absolute Gasteiger partial charge is 0.444 e. The number of carbonyl (C=O) groups excluding carboxylic acids is 3. The van der Waals surface area contributed by atoms with Crippen molar-refractivity contribution in [3.63, 3.8) is 0 Å². The lowest BCUT2D eigenvalue weighted by molar-refractivity contribution is -0.134. The van der Waals surface area contributed by atoms with Gasteiger partial charge < -0.3 is 20.3 Å². The highest BCUT2D eigenvalue weighted by Crippen LogP contribution is 2.12. The van der Waals surface area contributed by atoms with Crippen molar-refractivity contribution in [1.29, 1.82) is 0 Å². The van der Waals surface area contributed by atoms with Gasteiger partial charge >= 0.3 is 6.09 Å². The summed E-state index contributed by atoms with van der Waals surface area (Å²) in [5, 5.41) is 5.29. The number of amides is 3. The van der Waals surface area contributed by atoms with E-state index in [0.717, 1.165) is 32.4 Å². The molecule has 0 bridgehead atoms. The fraction of sp³-hybridized carbons (Fsp3) is 0.833. The summed E-state index contributed by atoms with van der Waals surface area (Å²) in [6.45, 7) is 10.6. The minimum absolute atomic E-state index is 0.0399. The van der Waals surface area contributed by atoms with Crippen LogP contribution in [0.25, 0.3) is 0 Å². The van der Waals surface area contributed by atoms with Crippen molar-refractivity contribution in [2.45, 2.75) is 71.9 Å². The van der Waals surface area contributed by atoms with Crippen LogP contribution in [0.5, 0.6) is 0 Å². The first-order chi connectivity index (χ1) is 11.6. The number of hydrogen-bond acceptors (Lipinski definition) is 4. The monoisotopic (exact) mass is 355 g/mol. The number of nitrogens with zero attached hydrogens (tertiary/aromatic N) is 1. The van der Waals surface area contributed by atoms with Crippen molar-refractivity contribution in [3.05, 3.63) is 0 Å². The molecular formula is C18H33N3O4. The molecule has 7 nitrogen and oxygen atoms in total. The highest BCUT2D eigenvalue weighted by molar-refractivity contribution is 5.89. The van der Waals surface area contributed by atoms with E-state index < -0.39 is 17.7 Å². The highest BCUT2D eigenvalue weighted by Gasteiger charge is 2.29. The zero-order valence-electron chi connectivity index (χ0n) is 16.2. The van der Waals surface area contributed by atoms with E-state index in [4.69, 9.17) is 4.74 Å². The molecule has 1 rings (SSSR count). The lowest BCUT2D eigenvalue weighted by Gasteiger charge is -2.28. The summed E-state index contributed by atoms with van der Waals surface area (Å²) in [4.78, 5) is 38.4. The van der Waals surface area contributed by atoms with E-state index in [-0.39, 0.29) is 24.3 Å². The molecule has 2 unspecified atom stereocenters. The summed E-state index contributed by atoms with van der Waals surface area (Å²) in [5.41, 5.74) is -0.634. The van der Waals surface area contributed by atoms with Crippen molar-refractivity contribution >= 4 is 17.9 Å². The lowest BCUT2D eigenvalue weighted by atomic mass is 9.98. The van der Waals surface area contributed by atoms with Crippen molar-refractivity contribution < 1.29 is 19.1 Å². The van der Waals surface area contributed by atoms with Crippen LogP contribution in [0.15, 0.2) is 0 Å². The third kappa shape index (κ3) is 7.75. The molecule has 0 aromatic carbocycles. The lowest BCUT2D eigenvalue weighted by Crippen LogP contribution is -2.53. The molecule has 0 spiro atoms. The van der Waals surface area contributed by atoms with Gasteiger partial charge in [0, 0.05) is 13.1 Å². The molecule has 3 amide bonds. The standard InChI is InChI=1S/C18H33N3O4/c1-6-13(2)15(20-17(24)25-18(3,4)5)16(23)19-12-14(22)21-10-8-7-9-11-21/h13,15H,6-12H2,1-5H3,(H,19,23)(H,20,24). The fourth-order valence-electron chi connectivity index (χ4n) is 2.66. The first-order valence-corrected chi connectivity index (χ1v) is 9.19. The molecule has 2 atom stereocenters. The first kappa shape index (κ1) is 21.3. The molecule has 1 aliphatic rings. The number of alkyl carbamates (subject to hydrolysis) is 1. The maximum Gasteiger partial charge on any atom is 0.408 e. The van der Waals surface area contributed by atoms with Gasteiger partial charge in [0.1, 0.15) is 11.6 Å². The second-order valence-corrected chi connectivity index (χ2v) is 7.67. The minimum Gasteiger partial charge on any atom is -0.444 e. The van der Waals surface area contributed by atoms with E-state index >= 15 is 0 Å². The number of carbonyl (C=O) groups is 3. The third-order valence-electron chi connectivity index (χ3n) is 4.29. The average molecular weight is 355 g/mol. The predicted octanol–water partition coefficient (Wildman–Crippen LogP) is 2.05. The van der Waals surface area contributed by atoms with Crippen LogP contribution in [-0.4, -0.2) is 54.1 Å². The summed E-state index contributed by atoms with van der Waals surface area (Å²) in [7, 11) is 0. The Kier molecular flexibility index (Phi) is 8.19. The number of nitrogens with one attached hydrogen (secondary N) is 2. The van der Waals surface area contributed by atoms with Crippen LogP contribution in [-0.2, 0) is 14.3 Å². The molecule has 1 heterocycles. The van der Waals surface area contributed by atoms with Crippen LogP contribution < -0.4 is 10.6 Å². The number of piperidine rings is 1. The normalized spacial score (nSPS) is 17.4. The zero-order valence-corrected chi connectivity index (χ0v) is 16.2. The summed E-state index contributed by atoms with van der Waals surface area (Å²) in [5.74, 6) is -0.503. The van der Waals surface area contributed by atoms with Gasteiger partial charge in [0.25, 0.3) is 0 Å². The van der Waals surface area contributed by atoms with Gasteiger partial charge in [0.05, 0.1) is 6.54 Å². The summed E-state index contributed by atoms with van der Waals surface area (Å²) < 4.78 is 5.23. The van der Waals surface area contributed by atoms with Crippen LogP contribution >= 0.6 is 0 Å². The van der Waals surface area contributed by atoms with E-state index in [2.05, 4.69) is 10.6 Å². The molecule has 2 N–H and O–H groups in total. The topological polar surface area (TPSA) is 87.7 Å². The van der Waals surface area contributed by atoms with Crippen LogP contribution in [0.1, 0.15) is 60.3 Å². The SMILES string of the molecule is CCC(C)C(NC(=O)OC(C)(C)C)C(=O)NCC(=O)N1CCCCC1. The van der Waals surface area contributed by atoms with Gasteiger partial charge in [0.15, 0.2) is 0 Å². The van der Waals surface area contributed by atoms with Crippen LogP contribution in [0.2, 0.25) is 0 Å². The van der Waals surface area contributed by atoms with Gasteiger partial charge in [-0.1, -0.05) is 20.3 Å². The van der Waals surface area contributed by atoms with E-state index in [1.807, 2.05) is 13.8 Å². The summed E-state index contributed by atoms with van der Waals surface area (Å²) >= 11 is 0. The molecular weight excluding hydrogens is 322 g/mol. The van der Waals surface area contributed by atoms with Gasteiger partial charge in [-0.15, -0.1) is 0 Å². The van der Waals surface area contributed by atoms with Crippen LogP contribution in [0, 0.1) is 5.92 Å². The molecule has 1 saturated heterocycles. The number of ether oxygens (including phenoxy) is 1. The Balaban J connectivity index is 2.57. The highest BCUT2D eigenvalue weighted by atomic mass is 16.6. The maximum absolute atomic E-state index is 12.5. The molecule has 0 aliphatic carbocycles. The van der Waals surface area contributed by atoms with Gasteiger partial charge in [-0.2, -0.15) is 0 Å². The number of rotatable bonds is 6. The maximum atomic E-state index is 12.5. The molecule has 1 fully saturated rings. The van der Waals surface area contributed by atoms with Crippen LogP contribution in [0.3, 0.4) is 0 Å². The quantitative estimate of drug-likeness (QED) is 0.763. The van der Waals surface area contributed by atoms with Gasteiger partial charge in [-0.25, -0.2) is 4.79 Å². The number of likely N-dealkylation sites (tertiary alicyclic amines) is 1. The zero-order chi connectivity index (χ0) is 19.0. The van der Waals surface area contributed by atoms with Gasteiger partial charge in [-0.05, 0) is 46.0 Å². The van der Waals surface area contributed by atoms with E-state index in [0.29, 0.717) is 6.42 Å². The molecule has 0 saturated carbocycles. The summed E-state index contributed by atoms with van der Waals surface area (Å²) in [6.07, 6.45) is 3.25. The van der Waals surface area contributed by atoms with Crippen molar-refractivity contribution in [2.75, 3.05) is 19.6 Å². The molecule has 0 aromatic heterocycles. The van der Waals surface area contributed by atoms with Crippen molar-refractivity contribution in [2.24, 2.45) is 5.92 Å². The third-order valence-corrected chi connectivity index (χ3v) is 4.29. The fourth-order valence-corrected chi connectivity index (χ4v) is 2.66. The minimum atomic E-state index is -0.728. The Morgan fingerprint density at radius 1 is 1.12 bits per heavy atom. The summed E-state index contributed by atoms with van der Waals surface area (Å²) in [6, 6.07) is -0.728. The smallest absolute Gasteiger partial charge is 0.408 e. The van der Waals surface area contributed by atoms with E-state index in [1.54, 1.807) is 25.7 Å². The van der Waals surface area contributed by atoms with Gasteiger partial charge in [0.2, 0.25) is 11.8 Å². The average Bonchev–Trinajstić information content (AvgIpc) is 2.55. The molecule has 0 radical (unpaired) electrons. The Labute approximate surface area is 150 Å².